The van der Waals surface area contributed by atoms with Crippen molar-refractivity contribution in [1.82, 2.24) is 20.3 Å². The van der Waals surface area contributed by atoms with Crippen molar-refractivity contribution >= 4 is 11.0 Å². The number of aromatic nitrogens is 3. The van der Waals surface area contributed by atoms with Gasteiger partial charge in [-0.2, -0.15) is 0 Å². The molecule has 2 aromatic carbocycles. The van der Waals surface area contributed by atoms with Gasteiger partial charge in [0.15, 0.2) is 0 Å². The molecule has 5 nitrogen and oxygen atoms in total. The zero-order chi connectivity index (χ0) is 16.9. The summed E-state index contributed by atoms with van der Waals surface area (Å²) in [5.74, 6) is 1.61. The molecule has 2 N–H and O–H groups in total. The van der Waals surface area contributed by atoms with Gasteiger partial charge >= 0.3 is 0 Å². The van der Waals surface area contributed by atoms with E-state index in [-0.39, 0.29) is 0 Å². The van der Waals surface area contributed by atoms with Crippen molar-refractivity contribution < 1.29 is 4.74 Å². The van der Waals surface area contributed by atoms with Crippen molar-refractivity contribution in [3.05, 3.63) is 84.4 Å². The first-order chi connectivity index (χ1) is 12.4. The van der Waals surface area contributed by atoms with Gasteiger partial charge < -0.3 is 15.0 Å². The summed E-state index contributed by atoms with van der Waals surface area (Å²) in [6, 6.07) is 17.9. The van der Waals surface area contributed by atoms with Crippen LogP contribution >= 0.6 is 0 Å². The summed E-state index contributed by atoms with van der Waals surface area (Å²) in [6.07, 6.45) is 5.34. The molecule has 5 heteroatoms. The number of pyridine rings is 1. The number of rotatable bonds is 6. The predicted molar refractivity (Wildman–Crippen MR) is 97.4 cm³/mol. The molecular formula is C20H18N4O. The Morgan fingerprint density at radius 1 is 0.920 bits per heavy atom. The Hall–Kier alpha value is -3.18. The maximum absolute atomic E-state index is 5.91. The van der Waals surface area contributed by atoms with E-state index in [0.29, 0.717) is 0 Å². The second-order valence-electron chi connectivity index (χ2n) is 5.79. The van der Waals surface area contributed by atoms with Crippen LogP contribution in [0.3, 0.4) is 0 Å². The van der Waals surface area contributed by atoms with Crippen LogP contribution in [0.4, 0.5) is 0 Å². The highest BCUT2D eigenvalue weighted by atomic mass is 16.5. The van der Waals surface area contributed by atoms with E-state index in [0.717, 1.165) is 35.6 Å². The highest BCUT2D eigenvalue weighted by Gasteiger charge is 2.02. The summed E-state index contributed by atoms with van der Waals surface area (Å²) in [5.41, 5.74) is 4.29. The van der Waals surface area contributed by atoms with Gasteiger partial charge in [0.1, 0.15) is 11.5 Å². The lowest BCUT2D eigenvalue weighted by Crippen LogP contribution is -2.12. The summed E-state index contributed by atoms with van der Waals surface area (Å²) >= 11 is 0. The van der Waals surface area contributed by atoms with Crippen LogP contribution in [0.5, 0.6) is 11.5 Å². The molecule has 0 amide bonds. The molecule has 0 bridgehead atoms. The van der Waals surface area contributed by atoms with E-state index in [9.17, 15) is 0 Å². The lowest BCUT2D eigenvalue weighted by molar-refractivity contribution is 0.483. The van der Waals surface area contributed by atoms with Gasteiger partial charge in [-0.3, -0.25) is 4.98 Å². The number of ether oxygens (including phenoxy) is 1. The summed E-state index contributed by atoms with van der Waals surface area (Å²) < 4.78 is 5.91. The van der Waals surface area contributed by atoms with Crippen LogP contribution in [-0.4, -0.2) is 15.0 Å². The number of H-pyrrole nitrogens is 1. The monoisotopic (exact) mass is 330 g/mol. The standard InChI is InChI=1S/C20H18N4O/c1-2-16(12-21-9-1)13-22-11-15-3-5-17(6-4-15)25-18-7-8-19-20(10-18)24-14-23-19/h1-10,12,14,22H,11,13H2,(H,23,24). The van der Waals surface area contributed by atoms with Crippen molar-refractivity contribution in [2.75, 3.05) is 0 Å². The lowest BCUT2D eigenvalue weighted by atomic mass is 10.2. The van der Waals surface area contributed by atoms with Crippen LogP contribution in [-0.2, 0) is 13.1 Å². The van der Waals surface area contributed by atoms with E-state index >= 15 is 0 Å². The molecule has 0 spiro atoms. The number of hydrogen-bond acceptors (Lipinski definition) is 4. The first kappa shape index (κ1) is 15.4. The topological polar surface area (TPSA) is 62.8 Å². The Morgan fingerprint density at radius 2 is 1.76 bits per heavy atom. The summed E-state index contributed by atoms with van der Waals surface area (Å²) in [4.78, 5) is 11.4. The van der Waals surface area contributed by atoms with E-state index in [1.807, 2.05) is 42.6 Å². The zero-order valence-corrected chi connectivity index (χ0v) is 13.6. The van der Waals surface area contributed by atoms with Crippen molar-refractivity contribution in [3.63, 3.8) is 0 Å². The predicted octanol–water partition coefficient (Wildman–Crippen LogP) is 4.04. The van der Waals surface area contributed by atoms with Crippen molar-refractivity contribution in [3.8, 4) is 11.5 Å². The lowest BCUT2D eigenvalue weighted by Gasteiger charge is -2.08. The van der Waals surface area contributed by atoms with E-state index in [1.54, 1.807) is 12.5 Å². The molecule has 0 radical (unpaired) electrons. The summed E-state index contributed by atoms with van der Waals surface area (Å²) in [7, 11) is 0. The molecule has 0 saturated carbocycles. The van der Waals surface area contributed by atoms with Crippen LogP contribution in [0.15, 0.2) is 73.3 Å². The van der Waals surface area contributed by atoms with Gasteiger partial charge in [-0.05, 0) is 41.5 Å². The molecule has 0 saturated heterocycles. The molecule has 0 unspecified atom stereocenters. The number of nitrogens with one attached hydrogen (secondary N) is 2. The van der Waals surface area contributed by atoms with Crippen molar-refractivity contribution in [2.45, 2.75) is 13.1 Å². The molecule has 124 valence electrons. The van der Waals surface area contributed by atoms with Gasteiger partial charge in [-0.15, -0.1) is 0 Å². The maximum atomic E-state index is 5.91. The minimum absolute atomic E-state index is 0.791. The van der Waals surface area contributed by atoms with Gasteiger partial charge in [0.05, 0.1) is 17.4 Å². The normalized spacial score (nSPS) is 10.9. The van der Waals surface area contributed by atoms with Crippen LogP contribution in [0, 0.1) is 0 Å². The molecule has 0 atom stereocenters. The van der Waals surface area contributed by atoms with Gasteiger partial charge in [-0.25, -0.2) is 4.98 Å². The number of imidazole rings is 1. The Morgan fingerprint density at radius 3 is 2.60 bits per heavy atom. The van der Waals surface area contributed by atoms with Crippen molar-refractivity contribution in [1.29, 1.82) is 0 Å². The Bertz CT molecular complexity index is 948. The van der Waals surface area contributed by atoms with Crippen LogP contribution in [0.25, 0.3) is 11.0 Å². The minimum Gasteiger partial charge on any atom is -0.457 e. The number of fused-ring (bicyclic) bond motifs is 1. The molecule has 0 fully saturated rings. The van der Waals surface area contributed by atoms with E-state index in [4.69, 9.17) is 4.74 Å². The van der Waals surface area contributed by atoms with Crippen LogP contribution in [0.1, 0.15) is 11.1 Å². The third kappa shape index (κ3) is 3.84. The fourth-order valence-corrected chi connectivity index (χ4v) is 2.64. The highest BCUT2D eigenvalue weighted by Crippen LogP contribution is 2.24. The number of aromatic amines is 1. The molecule has 0 aliphatic rings. The fraction of sp³-hybridized carbons (Fsp3) is 0.100. The van der Waals surface area contributed by atoms with Crippen LogP contribution in [0.2, 0.25) is 0 Å². The first-order valence-corrected chi connectivity index (χ1v) is 8.16. The number of benzene rings is 2. The average Bonchev–Trinajstić information content (AvgIpc) is 3.12. The highest BCUT2D eigenvalue weighted by molar-refractivity contribution is 5.76. The Balaban J connectivity index is 1.34. The SMILES string of the molecule is c1cncc(CNCc2ccc(Oc3ccc4nc[nH]c4c3)cc2)c1. The van der Waals surface area contributed by atoms with Gasteiger partial charge in [0.2, 0.25) is 0 Å². The summed E-state index contributed by atoms with van der Waals surface area (Å²) in [5, 5.41) is 3.41. The molecular weight excluding hydrogens is 312 g/mol. The zero-order valence-electron chi connectivity index (χ0n) is 13.6. The Kier molecular flexibility index (Phi) is 4.39. The molecule has 2 aromatic heterocycles. The Labute approximate surface area is 145 Å². The largest absolute Gasteiger partial charge is 0.457 e. The second kappa shape index (κ2) is 7.15. The third-order valence-corrected chi connectivity index (χ3v) is 3.93. The number of nitrogens with zero attached hydrogens (tertiary/aromatic N) is 2. The van der Waals surface area contributed by atoms with E-state index in [2.05, 4.69) is 38.5 Å². The molecule has 4 aromatic rings. The molecule has 4 rings (SSSR count). The molecule has 0 aliphatic carbocycles. The summed E-state index contributed by atoms with van der Waals surface area (Å²) in [6.45, 7) is 1.60. The molecule has 2 heterocycles. The van der Waals surface area contributed by atoms with E-state index < -0.39 is 0 Å². The maximum Gasteiger partial charge on any atom is 0.129 e. The van der Waals surface area contributed by atoms with Gasteiger partial charge in [0, 0.05) is 31.5 Å². The fourth-order valence-electron chi connectivity index (χ4n) is 2.64. The second-order valence-corrected chi connectivity index (χ2v) is 5.79. The van der Waals surface area contributed by atoms with Crippen LogP contribution < -0.4 is 10.1 Å². The minimum atomic E-state index is 0.791. The van der Waals surface area contributed by atoms with Gasteiger partial charge in [-0.1, -0.05) is 18.2 Å². The molecule has 0 aliphatic heterocycles. The first-order valence-electron chi connectivity index (χ1n) is 8.16. The van der Waals surface area contributed by atoms with Gasteiger partial charge in [0.25, 0.3) is 0 Å². The van der Waals surface area contributed by atoms with E-state index in [1.165, 1.54) is 11.1 Å². The third-order valence-electron chi connectivity index (χ3n) is 3.93. The molecule has 25 heavy (non-hydrogen) atoms. The quantitative estimate of drug-likeness (QED) is 0.560. The van der Waals surface area contributed by atoms with Crippen molar-refractivity contribution in [2.24, 2.45) is 0 Å². The number of hydrogen-bond donors (Lipinski definition) is 2. The smallest absolute Gasteiger partial charge is 0.129 e. The average molecular weight is 330 g/mol.